The summed E-state index contributed by atoms with van der Waals surface area (Å²) >= 11 is 0. The lowest BCUT2D eigenvalue weighted by Gasteiger charge is -2.16. The van der Waals surface area contributed by atoms with Gasteiger partial charge in [-0.05, 0) is 12.3 Å². The number of imide groups is 1. The first-order chi connectivity index (χ1) is 12.0. The van der Waals surface area contributed by atoms with Crippen LogP contribution >= 0.6 is 0 Å². The Labute approximate surface area is 150 Å². The summed E-state index contributed by atoms with van der Waals surface area (Å²) in [7, 11) is 0. The molecular formula is C18H32N2O5. The molecule has 3 amide bonds. The molecule has 1 atom stereocenters. The third kappa shape index (κ3) is 7.96. The van der Waals surface area contributed by atoms with Crippen molar-refractivity contribution in [1.29, 1.82) is 0 Å². The van der Waals surface area contributed by atoms with Gasteiger partial charge in [0.25, 0.3) is 0 Å². The molecule has 1 aliphatic heterocycles. The Morgan fingerprint density at radius 1 is 1.20 bits per heavy atom. The summed E-state index contributed by atoms with van der Waals surface area (Å²) in [5.74, 6) is -0.494. The van der Waals surface area contributed by atoms with Crippen LogP contribution < -0.4 is 5.32 Å². The van der Waals surface area contributed by atoms with E-state index in [9.17, 15) is 14.4 Å². The molecule has 1 unspecified atom stereocenters. The molecule has 1 heterocycles. The predicted octanol–water partition coefficient (Wildman–Crippen LogP) is 1.36. The van der Waals surface area contributed by atoms with Crippen molar-refractivity contribution < 1.29 is 23.9 Å². The molecular weight excluding hydrogens is 324 g/mol. The topological polar surface area (TPSA) is 84.9 Å². The molecule has 0 bridgehead atoms. The maximum absolute atomic E-state index is 12.1. The number of ether oxygens (including phenoxy) is 2. The average Bonchev–Trinajstić information content (AvgIpc) is 2.85. The highest BCUT2D eigenvalue weighted by atomic mass is 16.5. The Kier molecular flexibility index (Phi) is 10.3. The fraction of sp³-hybridized carbons (Fsp3) is 0.833. The van der Waals surface area contributed by atoms with Crippen molar-refractivity contribution in [2.24, 2.45) is 11.8 Å². The predicted molar refractivity (Wildman–Crippen MR) is 93.8 cm³/mol. The molecule has 7 nitrogen and oxygen atoms in total. The zero-order valence-electron chi connectivity index (χ0n) is 15.7. The zero-order chi connectivity index (χ0) is 18.7. The van der Waals surface area contributed by atoms with E-state index in [1.54, 1.807) is 0 Å². The van der Waals surface area contributed by atoms with Crippen molar-refractivity contribution >= 4 is 17.7 Å². The van der Waals surface area contributed by atoms with Gasteiger partial charge in [0, 0.05) is 38.5 Å². The van der Waals surface area contributed by atoms with Crippen LogP contribution in [0.1, 0.15) is 46.5 Å². The van der Waals surface area contributed by atoms with Crippen LogP contribution in [0.15, 0.2) is 0 Å². The quantitative estimate of drug-likeness (QED) is 0.398. The lowest BCUT2D eigenvalue weighted by molar-refractivity contribution is -0.140. The molecule has 0 aromatic carbocycles. The smallest absolute Gasteiger partial charge is 0.233 e. The third-order valence-corrected chi connectivity index (χ3v) is 4.23. The van der Waals surface area contributed by atoms with Crippen LogP contribution in [0.2, 0.25) is 0 Å². The highest BCUT2D eigenvalue weighted by Crippen LogP contribution is 2.25. The first-order valence-corrected chi connectivity index (χ1v) is 9.23. The number of nitrogens with one attached hydrogen (secondary N) is 1. The second kappa shape index (κ2) is 12.0. The Bertz CT molecular complexity index is 439. The maximum atomic E-state index is 12.1. The Balaban J connectivity index is 2.07. The fourth-order valence-corrected chi connectivity index (χ4v) is 2.59. The number of likely N-dealkylation sites (tertiary alicyclic amines) is 1. The SMILES string of the molecule is CCCCOCCOCCC(=O)NCCN1C(=O)CC(C(C)C)C1=O. The maximum Gasteiger partial charge on any atom is 0.233 e. The van der Waals surface area contributed by atoms with Crippen molar-refractivity contribution in [3.8, 4) is 0 Å². The van der Waals surface area contributed by atoms with E-state index in [4.69, 9.17) is 9.47 Å². The minimum atomic E-state index is -0.226. The van der Waals surface area contributed by atoms with E-state index in [-0.39, 0.29) is 55.5 Å². The second-order valence-corrected chi connectivity index (χ2v) is 6.62. The van der Waals surface area contributed by atoms with Crippen LogP contribution in [-0.4, -0.2) is 62.1 Å². The van der Waals surface area contributed by atoms with Crippen molar-refractivity contribution in [3.63, 3.8) is 0 Å². The molecule has 1 saturated heterocycles. The largest absolute Gasteiger partial charge is 0.379 e. The third-order valence-electron chi connectivity index (χ3n) is 4.23. The highest BCUT2D eigenvalue weighted by molar-refractivity contribution is 6.03. The monoisotopic (exact) mass is 356 g/mol. The minimum Gasteiger partial charge on any atom is -0.379 e. The van der Waals surface area contributed by atoms with Crippen LogP contribution in [0.25, 0.3) is 0 Å². The van der Waals surface area contributed by atoms with Gasteiger partial charge in [-0.3, -0.25) is 19.3 Å². The molecule has 1 rings (SSSR count). The number of hydrogen-bond acceptors (Lipinski definition) is 5. The van der Waals surface area contributed by atoms with E-state index in [1.165, 1.54) is 4.90 Å². The summed E-state index contributed by atoms with van der Waals surface area (Å²) in [6, 6.07) is 0. The van der Waals surface area contributed by atoms with Crippen LogP contribution in [0.3, 0.4) is 0 Å². The first-order valence-electron chi connectivity index (χ1n) is 9.23. The van der Waals surface area contributed by atoms with Crippen molar-refractivity contribution in [3.05, 3.63) is 0 Å². The van der Waals surface area contributed by atoms with Crippen molar-refractivity contribution in [2.45, 2.75) is 46.5 Å². The number of nitrogens with zero attached hydrogens (tertiary/aromatic N) is 1. The van der Waals surface area contributed by atoms with Gasteiger partial charge in [-0.25, -0.2) is 0 Å². The Morgan fingerprint density at radius 2 is 1.88 bits per heavy atom. The van der Waals surface area contributed by atoms with E-state index in [2.05, 4.69) is 12.2 Å². The van der Waals surface area contributed by atoms with E-state index in [0.717, 1.165) is 19.4 Å². The summed E-state index contributed by atoms with van der Waals surface area (Å²) in [6.07, 6.45) is 2.68. The van der Waals surface area contributed by atoms with Crippen LogP contribution in [-0.2, 0) is 23.9 Å². The van der Waals surface area contributed by atoms with Crippen molar-refractivity contribution in [1.82, 2.24) is 10.2 Å². The van der Waals surface area contributed by atoms with E-state index >= 15 is 0 Å². The van der Waals surface area contributed by atoms with Gasteiger partial charge in [0.2, 0.25) is 17.7 Å². The highest BCUT2D eigenvalue weighted by Gasteiger charge is 2.39. The molecule has 1 aliphatic rings. The van der Waals surface area contributed by atoms with Gasteiger partial charge in [0.15, 0.2) is 0 Å². The summed E-state index contributed by atoms with van der Waals surface area (Å²) in [6.45, 7) is 8.59. The summed E-state index contributed by atoms with van der Waals surface area (Å²) in [5, 5.41) is 2.72. The molecule has 0 saturated carbocycles. The standard InChI is InChI=1S/C18H32N2O5/c1-4-5-9-24-11-12-25-10-6-16(21)19-7-8-20-17(22)13-15(14(2)3)18(20)23/h14-15H,4-13H2,1-3H3,(H,19,21). The van der Waals surface area contributed by atoms with Crippen LogP contribution in [0.5, 0.6) is 0 Å². The number of amides is 3. The van der Waals surface area contributed by atoms with E-state index in [1.807, 2.05) is 13.8 Å². The molecule has 7 heteroatoms. The van der Waals surface area contributed by atoms with Gasteiger partial charge in [0.1, 0.15) is 0 Å². The number of carbonyl (C=O) groups is 3. The lowest BCUT2D eigenvalue weighted by atomic mass is 9.94. The fourth-order valence-electron chi connectivity index (χ4n) is 2.59. The van der Waals surface area contributed by atoms with E-state index in [0.29, 0.717) is 19.8 Å². The van der Waals surface area contributed by atoms with E-state index < -0.39 is 0 Å². The summed E-state index contributed by atoms with van der Waals surface area (Å²) < 4.78 is 10.7. The van der Waals surface area contributed by atoms with Gasteiger partial charge < -0.3 is 14.8 Å². The summed E-state index contributed by atoms with van der Waals surface area (Å²) in [4.78, 5) is 37.0. The average molecular weight is 356 g/mol. The van der Waals surface area contributed by atoms with Crippen LogP contribution in [0.4, 0.5) is 0 Å². The number of carbonyl (C=O) groups excluding carboxylic acids is 3. The summed E-state index contributed by atoms with van der Waals surface area (Å²) in [5.41, 5.74) is 0. The Hall–Kier alpha value is -1.47. The van der Waals surface area contributed by atoms with Gasteiger partial charge in [0.05, 0.1) is 19.8 Å². The molecule has 0 spiro atoms. The molecule has 1 fully saturated rings. The first kappa shape index (κ1) is 21.6. The molecule has 0 aliphatic carbocycles. The molecule has 0 radical (unpaired) electrons. The molecule has 25 heavy (non-hydrogen) atoms. The second-order valence-electron chi connectivity index (χ2n) is 6.62. The van der Waals surface area contributed by atoms with Gasteiger partial charge in [-0.2, -0.15) is 0 Å². The normalized spacial score (nSPS) is 17.6. The molecule has 0 aromatic heterocycles. The lowest BCUT2D eigenvalue weighted by Crippen LogP contribution is -2.39. The molecule has 144 valence electrons. The number of rotatable bonds is 13. The van der Waals surface area contributed by atoms with Gasteiger partial charge in [-0.1, -0.05) is 27.2 Å². The van der Waals surface area contributed by atoms with Gasteiger partial charge >= 0.3 is 0 Å². The molecule has 1 N–H and O–H groups in total. The Morgan fingerprint density at radius 3 is 2.48 bits per heavy atom. The number of hydrogen-bond donors (Lipinski definition) is 1. The zero-order valence-corrected chi connectivity index (χ0v) is 15.7. The van der Waals surface area contributed by atoms with Gasteiger partial charge in [-0.15, -0.1) is 0 Å². The van der Waals surface area contributed by atoms with Crippen molar-refractivity contribution in [2.75, 3.05) is 39.5 Å². The minimum absolute atomic E-state index is 0.124. The number of unbranched alkanes of at least 4 members (excludes halogenated alkanes) is 1. The van der Waals surface area contributed by atoms with Crippen LogP contribution in [0, 0.1) is 11.8 Å². The molecule has 0 aromatic rings.